The zero-order valence-electron chi connectivity index (χ0n) is 14.7. The van der Waals surface area contributed by atoms with Crippen molar-refractivity contribution in [3.8, 4) is 5.75 Å². The lowest BCUT2D eigenvalue weighted by Crippen LogP contribution is -2.26. The summed E-state index contributed by atoms with van der Waals surface area (Å²) < 4.78 is 5.26. The van der Waals surface area contributed by atoms with Crippen LogP contribution in [0.1, 0.15) is 36.8 Å². The Kier molecular flexibility index (Phi) is 5.39. The maximum absolute atomic E-state index is 12.4. The first kappa shape index (κ1) is 17.1. The highest BCUT2D eigenvalue weighted by molar-refractivity contribution is 5.86. The molecule has 0 aliphatic carbocycles. The number of para-hydroxylation sites is 1. The van der Waals surface area contributed by atoms with E-state index >= 15 is 0 Å². The Morgan fingerprint density at radius 1 is 1.16 bits per heavy atom. The van der Waals surface area contributed by atoms with Gasteiger partial charge in [0.05, 0.1) is 7.11 Å². The maximum Gasteiger partial charge on any atom is 0.220 e. The van der Waals surface area contributed by atoms with Crippen LogP contribution < -0.4 is 10.1 Å². The molecule has 4 heteroatoms. The van der Waals surface area contributed by atoms with E-state index in [2.05, 4.69) is 29.4 Å². The molecular formula is C21H24N2O2. The number of H-pyrrole nitrogens is 1. The molecule has 25 heavy (non-hydrogen) atoms. The number of nitrogens with one attached hydrogen (secondary N) is 2. The molecule has 0 unspecified atom stereocenters. The van der Waals surface area contributed by atoms with Crippen molar-refractivity contribution in [1.29, 1.82) is 0 Å². The van der Waals surface area contributed by atoms with Crippen molar-refractivity contribution < 1.29 is 9.53 Å². The third-order valence-electron chi connectivity index (χ3n) is 4.48. The van der Waals surface area contributed by atoms with E-state index in [1.54, 1.807) is 7.11 Å². The smallest absolute Gasteiger partial charge is 0.220 e. The molecule has 0 radical (unpaired) electrons. The molecule has 0 aliphatic rings. The van der Waals surface area contributed by atoms with Gasteiger partial charge in [-0.25, -0.2) is 0 Å². The van der Waals surface area contributed by atoms with Crippen LogP contribution in [0.25, 0.3) is 10.9 Å². The average Bonchev–Trinajstić information content (AvgIpc) is 3.08. The van der Waals surface area contributed by atoms with Gasteiger partial charge in [0.1, 0.15) is 5.75 Å². The number of ether oxygens (including phenoxy) is 1. The minimum atomic E-state index is -0.00101. The number of aromatic nitrogens is 1. The van der Waals surface area contributed by atoms with Gasteiger partial charge in [0.25, 0.3) is 0 Å². The summed E-state index contributed by atoms with van der Waals surface area (Å²) in [5.74, 6) is 0.892. The van der Waals surface area contributed by atoms with Crippen LogP contribution in [0.2, 0.25) is 0 Å². The molecule has 0 fully saturated rings. The molecule has 0 saturated heterocycles. The van der Waals surface area contributed by atoms with Gasteiger partial charge in [-0.2, -0.15) is 0 Å². The fourth-order valence-electron chi connectivity index (χ4n) is 3.15. The van der Waals surface area contributed by atoms with Crippen LogP contribution in [-0.2, 0) is 4.79 Å². The fourth-order valence-corrected chi connectivity index (χ4v) is 3.15. The number of carbonyl (C=O) groups excluding carboxylic acids is 1. The number of methoxy groups -OCH3 is 1. The molecule has 3 aromatic rings. The lowest BCUT2D eigenvalue weighted by molar-refractivity contribution is -0.121. The van der Waals surface area contributed by atoms with Crippen molar-refractivity contribution >= 4 is 16.8 Å². The number of amides is 1. The number of rotatable bonds is 7. The van der Waals surface area contributed by atoms with Gasteiger partial charge in [-0.15, -0.1) is 0 Å². The Balaban J connectivity index is 1.97. The van der Waals surface area contributed by atoms with E-state index in [4.69, 9.17) is 4.74 Å². The van der Waals surface area contributed by atoms with E-state index in [0.29, 0.717) is 13.0 Å². The second-order valence-electron chi connectivity index (χ2n) is 6.17. The van der Waals surface area contributed by atoms with Gasteiger partial charge in [0.15, 0.2) is 0 Å². The van der Waals surface area contributed by atoms with Gasteiger partial charge in [0.2, 0.25) is 5.91 Å². The van der Waals surface area contributed by atoms with Crippen LogP contribution in [0, 0.1) is 0 Å². The van der Waals surface area contributed by atoms with Gasteiger partial charge in [-0.3, -0.25) is 4.79 Å². The Bertz CT molecular complexity index is 836. The molecule has 1 atom stereocenters. The molecule has 130 valence electrons. The van der Waals surface area contributed by atoms with Crippen molar-refractivity contribution in [3.63, 3.8) is 0 Å². The summed E-state index contributed by atoms with van der Waals surface area (Å²) in [4.78, 5) is 15.7. The molecule has 0 saturated carbocycles. The van der Waals surface area contributed by atoms with E-state index in [1.165, 1.54) is 0 Å². The molecule has 0 spiro atoms. The first-order valence-electron chi connectivity index (χ1n) is 8.69. The summed E-state index contributed by atoms with van der Waals surface area (Å²) in [5.41, 5.74) is 3.34. The van der Waals surface area contributed by atoms with Gasteiger partial charge in [0, 0.05) is 36.0 Å². The normalized spacial score (nSPS) is 12.1. The number of carbonyl (C=O) groups is 1. The zero-order chi connectivity index (χ0) is 17.6. The number of benzene rings is 2. The molecule has 1 heterocycles. The fraction of sp³-hybridized carbons (Fsp3) is 0.286. The van der Waals surface area contributed by atoms with Gasteiger partial charge >= 0.3 is 0 Å². The van der Waals surface area contributed by atoms with Gasteiger partial charge in [-0.05, 0) is 35.7 Å². The van der Waals surface area contributed by atoms with E-state index in [9.17, 15) is 4.79 Å². The SMILES string of the molecule is CCCNC(=O)C[C@H](c1ccc(OC)cc1)c1c[nH]c2ccccc12. The van der Waals surface area contributed by atoms with Crippen LogP contribution in [-0.4, -0.2) is 24.5 Å². The van der Waals surface area contributed by atoms with Crippen molar-refractivity contribution in [2.24, 2.45) is 0 Å². The lowest BCUT2D eigenvalue weighted by atomic mass is 9.88. The predicted molar refractivity (Wildman–Crippen MR) is 101 cm³/mol. The van der Waals surface area contributed by atoms with Crippen molar-refractivity contribution in [1.82, 2.24) is 10.3 Å². The molecule has 0 aliphatic heterocycles. The first-order chi connectivity index (χ1) is 12.2. The second kappa shape index (κ2) is 7.88. The Hall–Kier alpha value is -2.75. The summed E-state index contributed by atoms with van der Waals surface area (Å²) in [5, 5.41) is 4.15. The Labute approximate surface area is 148 Å². The van der Waals surface area contributed by atoms with Gasteiger partial charge in [-0.1, -0.05) is 37.3 Å². The molecule has 1 amide bonds. The zero-order valence-corrected chi connectivity index (χ0v) is 14.7. The third-order valence-corrected chi connectivity index (χ3v) is 4.48. The quantitative estimate of drug-likeness (QED) is 0.678. The monoisotopic (exact) mass is 336 g/mol. The standard InChI is InChI=1S/C21H24N2O2/c1-3-12-22-21(24)13-18(15-8-10-16(25-2)11-9-15)19-14-23-20-7-5-4-6-17(19)20/h4-11,14,18,23H,3,12-13H2,1-2H3,(H,22,24)/t18-/m1/s1. The summed E-state index contributed by atoms with van der Waals surface area (Å²) in [6.07, 6.45) is 3.38. The van der Waals surface area contributed by atoms with Crippen LogP contribution in [0.5, 0.6) is 5.75 Å². The summed E-state index contributed by atoms with van der Waals surface area (Å²) in [6, 6.07) is 16.2. The minimum absolute atomic E-state index is 0.00101. The highest BCUT2D eigenvalue weighted by Crippen LogP contribution is 2.34. The number of hydrogen-bond acceptors (Lipinski definition) is 2. The van der Waals surface area contributed by atoms with Crippen molar-refractivity contribution in [2.45, 2.75) is 25.7 Å². The van der Waals surface area contributed by atoms with E-state index in [0.717, 1.165) is 34.2 Å². The minimum Gasteiger partial charge on any atom is -0.497 e. The highest BCUT2D eigenvalue weighted by atomic mass is 16.5. The van der Waals surface area contributed by atoms with Crippen molar-refractivity contribution in [3.05, 3.63) is 65.9 Å². The molecule has 2 N–H and O–H groups in total. The molecule has 3 rings (SSSR count). The predicted octanol–water partition coefficient (Wildman–Crippen LogP) is 4.22. The summed E-state index contributed by atoms with van der Waals surface area (Å²) in [6.45, 7) is 2.77. The average molecular weight is 336 g/mol. The maximum atomic E-state index is 12.4. The number of aromatic amines is 1. The molecule has 2 aromatic carbocycles. The first-order valence-corrected chi connectivity index (χ1v) is 8.69. The van der Waals surface area contributed by atoms with Crippen LogP contribution in [0.4, 0.5) is 0 Å². The van der Waals surface area contributed by atoms with Crippen molar-refractivity contribution in [2.75, 3.05) is 13.7 Å². The topological polar surface area (TPSA) is 54.1 Å². The van der Waals surface area contributed by atoms with E-state index in [1.807, 2.05) is 42.6 Å². The van der Waals surface area contributed by atoms with Crippen LogP contribution >= 0.6 is 0 Å². The second-order valence-corrected chi connectivity index (χ2v) is 6.17. The van der Waals surface area contributed by atoms with Crippen LogP contribution in [0.15, 0.2) is 54.7 Å². The largest absolute Gasteiger partial charge is 0.497 e. The summed E-state index contributed by atoms with van der Waals surface area (Å²) in [7, 11) is 1.66. The Morgan fingerprint density at radius 2 is 1.92 bits per heavy atom. The third kappa shape index (κ3) is 3.85. The molecule has 4 nitrogen and oxygen atoms in total. The Morgan fingerprint density at radius 3 is 2.64 bits per heavy atom. The molecule has 1 aromatic heterocycles. The summed E-state index contributed by atoms with van der Waals surface area (Å²) >= 11 is 0. The van der Waals surface area contributed by atoms with E-state index in [-0.39, 0.29) is 11.8 Å². The number of fused-ring (bicyclic) bond motifs is 1. The molecule has 0 bridgehead atoms. The van der Waals surface area contributed by atoms with Gasteiger partial charge < -0.3 is 15.0 Å². The number of hydrogen-bond donors (Lipinski definition) is 2. The highest BCUT2D eigenvalue weighted by Gasteiger charge is 2.21. The van der Waals surface area contributed by atoms with Crippen LogP contribution in [0.3, 0.4) is 0 Å². The molecular weight excluding hydrogens is 312 g/mol. The van der Waals surface area contributed by atoms with E-state index < -0.39 is 0 Å². The lowest BCUT2D eigenvalue weighted by Gasteiger charge is -2.17.